The quantitative estimate of drug-likeness (QED) is 0.664. The minimum absolute atomic E-state index is 0.153. The molecule has 1 aromatic carbocycles. The van der Waals surface area contributed by atoms with Crippen molar-refractivity contribution in [2.45, 2.75) is 38.3 Å². The van der Waals surface area contributed by atoms with Crippen LogP contribution < -0.4 is 0 Å². The van der Waals surface area contributed by atoms with Gasteiger partial charge in [-0.05, 0) is 44.2 Å². The van der Waals surface area contributed by atoms with Gasteiger partial charge in [0, 0.05) is 31.3 Å². The predicted octanol–water partition coefficient (Wildman–Crippen LogP) is 2.58. The molecule has 0 unspecified atom stereocenters. The summed E-state index contributed by atoms with van der Waals surface area (Å²) < 4.78 is 0. The number of hydrogen-bond donors (Lipinski definition) is 1. The second-order valence-electron chi connectivity index (χ2n) is 5.70. The van der Waals surface area contributed by atoms with Gasteiger partial charge in [-0.3, -0.25) is 15.0 Å². The van der Waals surface area contributed by atoms with E-state index in [-0.39, 0.29) is 10.6 Å². The molecule has 0 spiro atoms. The summed E-state index contributed by atoms with van der Waals surface area (Å²) in [5.74, 6) is 0.456. The third kappa shape index (κ3) is 3.77. The minimum Gasteiger partial charge on any atom is -0.396 e. The first kappa shape index (κ1) is 14.9. The molecule has 1 saturated carbocycles. The van der Waals surface area contributed by atoms with Gasteiger partial charge in [-0.25, -0.2) is 0 Å². The number of hydrogen-bond acceptors (Lipinski definition) is 4. The molecule has 1 fully saturated rings. The average Bonchev–Trinajstić information content (AvgIpc) is 2.47. The second kappa shape index (κ2) is 6.81. The van der Waals surface area contributed by atoms with Crippen LogP contribution in [-0.2, 0) is 6.54 Å². The molecule has 1 aliphatic carbocycles. The third-order valence-corrected chi connectivity index (χ3v) is 4.25. The van der Waals surface area contributed by atoms with E-state index in [0.29, 0.717) is 18.6 Å². The first-order chi connectivity index (χ1) is 9.60. The van der Waals surface area contributed by atoms with E-state index < -0.39 is 0 Å². The van der Waals surface area contributed by atoms with Gasteiger partial charge in [-0.1, -0.05) is 12.1 Å². The lowest BCUT2D eigenvalue weighted by Crippen LogP contribution is -2.35. The fourth-order valence-corrected chi connectivity index (χ4v) is 2.95. The topological polar surface area (TPSA) is 66.6 Å². The monoisotopic (exact) mass is 278 g/mol. The molecule has 0 atom stereocenters. The Morgan fingerprint density at radius 2 is 2.05 bits per heavy atom. The van der Waals surface area contributed by atoms with E-state index >= 15 is 0 Å². The summed E-state index contributed by atoms with van der Waals surface area (Å²) in [4.78, 5) is 12.7. The molecule has 0 heterocycles. The Labute approximate surface area is 119 Å². The summed E-state index contributed by atoms with van der Waals surface area (Å²) in [5, 5.41) is 19.9. The van der Waals surface area contributed by atoms with Gasteiger partial charge < -0.3 is 5.11 Å². The van der Waals surface area contributed by atoms with Crippen molar-refractivity contribution in [3.63, 3.8) is 0 Å². The van der Waals surface area contributed by atoms with Gasteiger partial charge in [0.1, 0.15) is 0 Å². The molecule has 1 aromatic rings. The van der Waals surface area contributed by atoms with E-state index in [1.165, 1.54) is 6.07 Å². The maximum atomic E-state index is 10.8. The normalized spacial score (nSPS) is 22.9. The molecule has 20 heavy (non-hydrogen) atoms. The standard InChI is InChI=1S/C15H22N2O3/c1-16(14-7-5-12(11-18)6-8-14)10-13-3-2-4-15(9-13)17(19)20/h2-4,9,12,14,18H,5-8,10-11H2,1H3. The van der Waals surface area contributed by atoms with Gasteiger partial charge in [0.15, 0.2) is 0 Å². The molecule has 0 amide bonds. The molecule has 1 N–H and O–H groups in total. The van der Waals surface area contributed by atoms with Crippen molar-refractivity contribution < 1.29 is 10.0 Å². The van der Waals surface area contributed by atoms with Crippen molar-refractivity contribution >= 4 is 5.69 Å². The number of nitrogens with zero attached hydrogens (tertiary/aromatic N) is 2. The number of aliphatic hydroxyl groups is 1. The van der Waals surface area contributed by atoms with Gasteiger partial charge in [0.05, 0.1) is 4.92 Å². The van der Waals surface area contributed by atoms with Crippen LogP contribution in [0.1, 0.15) is 31.2 Å². The number of nitro groups is 1. The van der Waals surface area contributed by atoms with Gasteiger partial charge in [0.2, 0.25) is 0 Å². The summed E-state index contributed by atoms with van der Waals surface area (Å²) in [6.45, 7) is 1.03. The molecule has 0 bridgehead atoms. The molecule has 110 valence electrons. The fourth-order valence-electron chi connectivity index (χ4n) is 2.95. The molecule has 1 aliphatic rings. The third-order valence-electron chi connectivity index (χ3n) is 4.25. The van der Waals surface area contributed by atoms with Crippen molar-refractivity contribution in [1.29, 1.82) is 0 Å². The molecular formula is C15H22N2O3. The highest BCUT2D eigenvalue weighted by Crippen LogP contribution is 2.27. The Hall–Kier alpha value is -1.46. The van der Waals surface area contributed by atoms with Crippen LogP contribution in [0.15, 0.2) is 24.3 Å². The molecule has 0 aromatic heterocycles. The molecule has 2 rings (SSSR count). The minimum atomic E-state index is -0.351. The van der Waals surface area contributed by atoms with Crippen molar-refractivity contribution in [3.05, 3.63) is 39.9 Å². The Kier molecular flexibility index (Phi) is 5.09. The van der Waals surface area contributed by atoms with Gasteiger partial charge in [-0.2, -0.15) is 0 Å². The highest BCUT2D eigenvalue weighted by atomic mass is 16.6. The van der Waals surface area contributed by atoms with E-state index in [0.717, 1.165) is 37.8 Å². The summed E-state index contributed by atoms with van der Waals surface area (Å²) in [7, 11) is 2.07. The van der Waals surface area contributed by atoms with Crippen LogP contribution in [0, 0.1) is 16.0 Å². The zero-order valence-electron chi connectivity index (χ0n) is 11.9. The number of nitro benzene ring substituents is 1. The van der Waals surface area contributed by atoms with E-state index in [1.807, 2.05) is 6.07 Å². The Bertz CT molecular complexity index is 456. The summed E-state index contributed by atoms with van der Waals surface area (Å²) in [6, 6.07) is 7.36. The van der Waals surface area contributed by atoms with E-state index in [9.17, 15) is 10.1 Å². The van der Waals surface area contributed by atoms with Crippen LogP contribution in [0.25, 0.3) is 0 Å². The van der Waals surface area contributed by atoms with Crippen LogP contribution in [-0.4, -0.2) is 34.6 Å². The van der Waals surface area contributed by atoms with Crippen LogP contribution in [0.2, 0.25) is 0 Å². The van der Waals surface area contributed by atoms with Gasteiger partial charge in [-0.15, -0.1) is 0 Å². The Morgan fingerprint density at radius 3 is 2.65 bits per heavy atom. The lowest BCUT2D eigenvalue weighted by molar-refractivity contribution is -0.384. The predicted molar refractivity (Wildman–Crippen MR) is 77.4 cm³/mol. The zero-order valence-corrected chi connectivity index (χ0v) is 11.9. The Morgan fingerprint density at radius 1 is 1.35 bits per heavy atom. The van der Waals surface area contributed by atoms with Crippen molar-refractivity contribution in [1.82, 2.24) is 4.90 Å². The molecule has 5 heteroatoms. The van der Waals surface area contributed by atoms with Crippen LogP contribution in [0.3, 0.4) is 0 Å². The highest BCUT2D eigenvalue weighted by molar-refractivity contribution is 5.34. The number of benzene rings is 1. The fraction of sp³-hybridized carbons (Fsp3) is 0.600. The van der Waals surface area contributed by atoms with E-state index in [2.05, 4.69) is 11.9 Å². The van der Waals surface area contributed by atoms with Crippen molar-refractivity contribution in [2.24, 2.45) is 5.92 Å². The summed E-state index contributed by atoms with van der Waals surface area (Å²) >= 11 is 0. The van der Waals surface area contributed by atoms with Crippen LogP contribution >= 0.6 is 0 Å². The first-order valence-electron chi connectivity index (χ1n) is 7.14. The summed E-state index contributed by atoms with van der Waals surface area (Å²) in [5.41, 5.74) is 1.13. The lowest BCUT2D eigenvalue weighted by atomic mass is 9.86. The summed E-state index contributed by atoms with van der Waals surface area (Å²) in [6.07, 6.45) is 4.33. The van der Waals surface area contributed by atoms with Crippen LogP contribution in [0.4, 0.5) is 5.69 Å². The number of aliphatic hydroxyl groups excluding tert-OH is 1. The average molecular weight is 278 g/mol. The molecule has 0 radical (unpaired) electrons. The second-order valence-corrected chi connectivity index (χ2v) is 5.70. The van der Waals surface area contributed by atoms with Crippen molar-refractivity contribution in [2.75, 3.05) is 13.7 Å². The molecule has 0 saturated heterocycles. The first-order valence-corrected chi connectivity index (χ1v) is 7.14. The van der Waals surface area contributed by atoms with E-state index in [1.54, 1.807) is 12.1 Å². The molecule has 0 aliphatic heterocycles. The Balaban J connectivity index is 1.93. The van der Waals surface area contributed by atoms with Crippen molar-refractivity contribution in [3.8, 4) is 0 Å². The molecule has 5 nitrogen and oxygen atoms in total. The SMILES string of the molecule is CN(Cc1cccc([N+](=O)[O-])c1)C1CCC(CO)CC1. The smallest absolute Gasteiger partial charge is 0.269 e. The number of rotatable bonds is 5. The number of non-ortho nitro benzene ring substituents is 1. The van der Waals surface area contributed by atoms with E-state index in [4.69, 9.17) is 5.11 Å². The lowest BCUT2D eigenvalue weighted by Gasteiger charge is -2.34. The highest BCUT2D eigenvalue weighted by Gasteiger charge is 2.23. The molecular weight excluding hydrogens is 256 g/mol. The van der Waals surface area contributed by atoms with Crippen LogP contribution in [0.5, 0.6) is 0 Å². The van der Waals surface area contributed by atoms with Gasteiger partial charge in [0.25, 0.3) is 5.69 Å². The van der Waals surface area contributed by atoms with Gasteiger partial charge >= 0.3 is 0 Å². The maximum Gasteiger partial charge on any atom is 0.269 e. The largest absolute Gasteiger partial charge is 0.396 e. The zero-order chi connectivity index (χ0) is 14.5. The maximum absolute atomic E-state index is 10.8.